The Labute approximate surface area is 151 Å². The number of Topliss-reactive ketones (excluding diaryl/α,β-unsaturated/α-hetero) is 1. The fourth-order valence-corrected chi connectivity index (χ4v) is 2.98. The number of hydrogen-bond donors (Lipinski definition) is 0. The van der Waals surface area contributed by atoms with Crippen LogP contribution in [0.5, 0.6) is 5.75 Å². The van der Waals surface area contributed by atoms with Crippen LogP contribution in [0, 0.1) is 6.92 Å². The summed E-state index contributed by atoms with van der Waals surface area (Å²) in [6.45, 7) is 1.32. The minimum Gasteiger partial charge on any atom is -0.482 e. The van der Waals surface area contributed by atoms with E-state index in [-0.39, 0.29) is 19.0 Å². The Morgan fingerprint density at radius 1 is 1.04 bits per heavy atom. The van der Waals surface area contributed by atoms with Gasteiger partial charge in [-0.15, -0.1) is 0 Å². The van der Waals surface area contributed by atoms with E-state index >= 15 is 0 Å². The lowest BCUT2D eigenvalue weighted by atomic mass is 10.0. The fraction of sp³-hybridized carbons (Fsp3) is 0.300. The third kappa shape index (κ3) is 4.40. The molecule has 0 heterocycles. The SMILES string of the molecule is Cc1cc(OCC(=O)OCC(=O)c2ccc3c(c2)CCC3)ccc1Cl. The molecule has 3 rings (SSSR count). The van der Waals surface area contributed by atoms with E-state index in [2.05, 4.69) is 0 Å². The first kappa shape index (κ1) is 17.5. The molecule has 0 spiro atoms. The lowest BCUT2D eigenvalue weighted by Gasteiger charge is -2.08. The fourth-order valence-electron chi connectivity index (χ4n) is 2.87. The number of benzene rings is 2. The second-order valence-electron chi connectivity index (χ2n) is 6.12. The largest absolute Gasteiger partial charge is 0.482 e. The molecule has 2 aromatic rings. The van der Waals surface area contributed by atoms with Gasteiger partial charge in [-0.1, -0.05) is 23.7 Å². The van der Waals surface area contributed by atoms with Crippen molar-refractivity contribution in [3.05, 3.63) is 63.7 Å². The van der Waals surface area contributed by atoms with Gasteiger partial charge in [0.2, 0.25) is 0 Å². The van der Waals surface area contributed by atoms with E-state index in [4.69, 9.17) is 21.1 Å². The molecule has 0 saturated heterocycles. The van der Waals surface area contributed by atoms with E-state index in [1.807, 2.05) is 19.1 Å². The van der Waals surface area contributed by atoms with E-state index in [1.165, 1.54) is 11.1 Å². The number of carbonyl (C=O) groups excluding carboxylic acids is 2. The summed E-state index contributed by atoms with van der Waals surface area (Å²) in [7, 11) is 0. The third-order valence-corrected chi connectivity index (χ3v) is 4.69. The molecule has 0 N–H and O–H groups in total. The number of aryl methyl sites for hydroxylation is 3. The lowest BCUT2D eigenvalue weighted by Crippen LogP contribution is -2.19. The van der Waals surface area contributed by atoms with Crippen LogP contribution in [0.2, 0.25) is 5.02 Å². The number of halogens is 1. The van der Waals surface area contributed by atoms with Gasteiger partial charge in [-0.2, -0.15) is 0 Å². The zero-order chi connectivity index (χ0) is 17.8. The molecule has 0 bridgehead atoms. The molecule has 0 atom stereocenters. The lowest BCUT2D eigenvalue weighted by molar-refractivity contribution is -0.144. The molecule has 1 aliphatic rings. The van der Waals surface area contributed by atoms with Crippen LogP contribution in [0.1, 0.15) is 33.5 Å². The van der Waals surface area contributed by atoms with Gasteiger partial charge in [0.15, 0.2) is 19.0 Å². The molecule has 130 valence electrons. The molecule has 1 aliphatic carbocycles. The van der Waals surface area contributed by atoms with E-state index < -0.39 is 5.97 Å². The Kier molecular flexibility index (Phi) is 5.39. The van der Waals surface area contributed by atoms with Gasteiger partial charge in [0.05, 0.1) is 0 Å². The minimum absolute atomic E-state index is 0.203. The number of ketones is 1. The number of carbonyl (C=O) groups is 2. The summed E-state index contributed by atoms with van der Waals surface area (Å²) in [4.78, 5) is 23.9. The van der Waals surface area contributed by atoms with Gasteiger partial charge in [0.1, 0.15) is 5.75 Å². The Morgan fingerprint density at radius 3 is 2.64 bits per heavy atom. The summed E-state index contributed by atoms with van der Waals surface area (Å²) < 4.78 is 10.4. The van der Waals surface area contributed by atoms with Crippen molar-refractivity contribution in [3.8, 4) is 5.75 Å². The molecule has 4 nitrogen and oxygen atoms in total. The van der Waals surface area contributed by atoms with Gasteiger partial charge in [-0.3, -0.25) is 4.79 Å². The van der Waals surface area contributed by atoms with E-state index in [9.17, 15) is 9.59 Å². The quantitative estimate of drug-likeness (QED) is 0.579. The second kappa shape index (κ2) is 7.70. The average molecular weight is 359 g/mol. The molecule has 0 aromatic heterocycles. The van der Waals surface area contributed by atoms with Crippen molar-refractivity contribution in [3.63, 3.8) is 0 Å². The van der Waals surface area contributed by atoms with Crippen LogP contribution in [0.25, 0.3) is 0 Å². The zero-order valence-corrected chi connectivity index (χ0v) is 14.8. The molecule has 5 heteroatoms. The minimum atomic E-state index is -0.581. The summed E-state index contributed by atoms with van der Waals surface area (Å²) in [5, 5.41) is 0.634. The number of ether oxygens (including phenoxy) is 2. The van der Waals surface area contributed by atoms with Crippen LogP contribution in [0.4, 0.5) is 0 Å². The highest BCUT2D eigenvalue weighted by atomic mass is 35.5. The molecule has 25 heavy (non-hydrogen) atoms. The highest BCUT2D eigenvalue weighted by molar-refractivity contribution is 6.31. The highest BCUT2D eigenvalue weighted by Gasteiger charge is 2.15. The summed E-state index contributed by atoms with van der Waals surface area (Å²) in [6, 6.07) is 10.8. The standard InChI is InChI=1S/C20H19ClO4/c1-13-9-17(7-8-18(13)21)24-12-20(23)25-11-19(22)16-6-5-14-3-2-4-15(14)10-16/h5-10H,2-4,11-12H2,1H3. The van der Waals surface area contributed by atoms with Crippen LogP contribution in [0.3, 0.4) is 0 Å². The van der Waals surface area contributed by atoms with Crippen molar-refractivity contribution in [2.75, 3.05) is 13.2 Å². The first-order valence-electron chi connectivity index (χ1n) is 8.22. The maximum atomic E-state index is 12.2. The predicted molar refractivity (Wildman–Crippen MR) is 95.4 cm³/mol. The Balaban J connectivity index is 1.48. The van der Waals surface area contributed by atoms with Crippen molar-refractivity contribution < 1.29 is 19.1 Å². The Hall–Kier alpha value is -2.33. The van der Waals surface area contributed by atoms with Crippen molar-refractivity contribution in [2.45, 2.75) is 26.2 Å². The first-order chi connectivity index (χ1) is 12.0. The van der Waals surface area contributed by atoms with Crippen LogP contribution in [0.15, 0.2) is 36.4 Å². The van der Waals surface area contributed by atoms with Crippen molar-refractivity contribution >= 4 is 23.4 Å². The van der Waals surface area contributed by atoms with Gasteiger partial charge in [-0.05, 0) is 67.1 Å². The number of hydrogen-bond acceptors (Lipinski definition) is 4. The van der Waals surface area contributed by atoms with E-state index in [0.29, 0.717) is 16.3 Å². The second-order valence-corrected chi connectivity index (χ2v) is 6.53. The molecule has 0 amide bonds. The number of esters is 1. The molecule has 0 fully saturated rings. The van der Waals surface area contributed by atoms with Crippen LogP contribution in [-0.4, -0.2) is 25.0 Å². The smallest absolute Gasteiger partial charge is 0.344 e. The summed E-state index contributed by atoms with van der Waals surface area (Å²) in [5.41, 5.74) is 3.97. The summed E-state index contributed by atoms with van der Waals surface area (Å²) in [5.74, 6) is -0.253. The monoisotopic (exact) mass is 358 g/mol. The van der Waals surface area contributed by atoms with Gasteiger partial charge >= 0.3 is 5.97 Å². The van der Waals surface area contributed by atoms with Gasteiger partial charge < -0.3 is 9.47 Å². The number of rotatable bonds is 6. The molecule has 0 radical (unpaired) electrons. The topological polar surface area (TPSA) is 52.6 Å². The maximum Gasteiger partial charge on any atom is 0.344 e. The van der Waals surface area contributed by atoms with Crippen molar-refractivity contribution in [1.29, 1.82) is 0 Å². The normalized spacial score (nSPS) is 12.6. The predicted octanol–water partition coefficient (Wildman–Crippen LogP) is 3.94. The van der Waals surface area contributed by atoms with Crippen molar-refractivity contribution in [1.82, 2.24) is 0 Å². The molecule has 0 aliphatic heterocycles. The van der Waals surface area contributed by atoms with Gasteiger partial charge in [0, 0.05) is 10.6 Å². The van der Waals surface area contributed by atoms with Crippen LogP contribution < -0.4 is 4.74 Å². The molecule has 0 unspecified atom stereocenters. The maximum absolute atomic E-state index is 12.2. The Morgan fingerprint density at radius 2 is 1.84 bits per heavy atom. The van der Waals surface area contributed by atoms with Gasteiger partial charge in [0.25, 0.3) is 0 Å². The van der Waals surface area contributed by atoms with Crippen LogP contribution >= 0.6 is 11.6 Å². The molecule has 0 saturated carbocycles. The molecule has 2 aromatic carbocycles. The Bertz CT molecular complexity index is 813. The summed E-state index contributed by atoms with van der Waals surface area (Å²) in [6.07, 6.45) is 3.20. The zero-order valence-electron chi connectivity index (χ0n) is 14.0. The van der Waals surface area contributed by atoms with E-state index in [1.54, 1.807) is 24.3 Å². The average Bonchev–Trinajstić information content (AvgIpc) is 3.08. The van der Waals surface area contributed by atoms with Crippen LogP contribution in [-0.2, 0) is 22.4 Å². The molecular formula is C20H19ClO4. The van der Waals surface area contributed by atoms with Crippen molar-refractivity contribution in [2.24, 2.45) is 0 Å². The van der Waals surface area contributed by atoms with E-state index in [0.717, 1.165) is 24.8 Å². The summed E-state index contributed by atoms with van der Waals surface area (Å²) >= 11 is 5.94. The number of fused-ring (bicyclic) bond motifs is 1. The first-order valence-corrected chi connectivity index (χ1v) is 8.60. The molecular weight excluding hydrogens is 340 g/mol. The third-order valence-electron chi connectivity index (χ3n) is 4.27. The highest BCUT2D eigenvalue weighted by Crippen LogP contribution is 2.23. The van der Waals surface area contributed by atoms with Gasteiger partial charge in [-0.25, -0.2) is 4.79 Å².